The van der Waals surface area contributed by atoms with Crippen LogP contribution >= 0.6 is 0 Å². The van der Waals surface area contributed by atoms with E-state index >= 15 is 0 Å². The van der Waals surface area contributed by atoms with Gasteiger partial charge in [-0.2, -0.15) is 0 Å². The second-order valence-electron chi connectivity index (χ2n) is 3.29. The fraction of sp³-hybridized carbons (Fsp3) is 0.800. The van der Waals surface area contributed by atoms with Crippen LogP contribution in [0.3, 0.4) is 0 Å². The quantitative estimate of drug-likeness (QED) is 0.521. The van der Waals surface area contributed by atoms with E-state index in [9.17, 15) is 0 Å². The van der Waals surface area contributed by atoms with Crippen LogP contribution in [0.25, 0.3) is 0 Å². The Labute approximate surface area is 65.3 Å². The molecule has 0 heteroatoms. The molecule has 0 nitrogen and oxygen atoms in total. The summed E-state index contributed by atoms with van der Waals surface area (Å²) >= 11 is 0. The highest BCUT2D eigenvalue weighted by Crippen LogP contribution is 2.15. The molecule has 0 aliphatic heterocycles. The summed E-state index contributed by atoms with van der Waals surface area (Å²) in [7, 11) is 0. The molecule has 0 aromatic heterocycles. The summed E-state index contributed by atoms with van der Waals surface area (Å²) in [6.07, 6.45) is 6.12. The van der Waals surface area contributed by atoms with Crippen LogP contribution in [0.1, 0.15) is 47.0 Å². The van der Waals surface area contributed by atoms with Crippen molar-refractivity contribution in [1.82, 2.24) is 0 Å². The highest BCUT2D eigenvalue weighted by Gasteiger charge is 1.97. The summed E-state index contributed by atoms with van der Waals surface area (Å²) in [5, 5.41) is 0. The zero-order valence-corrected chi connectivity index (χ0v) is 7.78. The van der Waals surface area contributed by atoms with Crippen molar-refractivity contribution in [2.75, 3.05) is 0 Å². The fourth-order valence-corrected chi connectivity index (χ4v) is 1.21. The first-order valence-corrected chi connectivity index (χ1v) is 4.34. The lowest BCUT2D eigenvalue weighted by Crippen LogP contribution is -1.90. The van der Waals surface area contributed by atoms with Crippen LogP contribution in [0.4, 0.5) is 0 Å². The lowest BCUT2D eigenvalue weighted by atomic mass is 9.99. The van der Waals surface area contributed by atoms with Crippen LogP contribution in [-0.4, -0.2) is 0 Å². The minimum absolute atomic E-state index is 0.817. The molecule has 0 aliphatic carbocycles. The van der Waals surface area contributed by atoms with E-state index < -0.39 is 0 Å². The van der Waals surface area contributed by atoms with Crippen molar-refractivity contribution in [3.63, 3.8) is 0 Å². The van der Waals surface area contributed by atoms with E-state index in [1.807, 2.05) is 0 Å². The third kappa shape index (κ3) is 4.60. The predicted molar refractivity (Wildman–Crippen MR) is 48.1 cm³/mol. The van der Waals surface area contributed by atoms with Gasteiger partial charge in [-0.3, -0.25) is 0 Å². The van der Waals surface area contributed by atoms with Crippen LogP contribution in [-0.2, 0) is 0 Å². The molecular formula is C10H20. The molecule has 0 atom stereocenters. The number of allylic oxidation sites excluding steroid dienone is 2. The molecular weight excluding hydrogens is 120 g/mol. The smallest absolute Gasteiger partial charge is 0.0297 e. The van der Waals surface area contributed by atoms with Crippen LogP contribution in [0.15, 0.2) is 11.6 Å². The molecule has 0 fully saturated rings. The van der Waals surface area contributed by atoms with Crippen molar-refractivity contribution in [2.24, 2.45) is 5.92 Å². The number of rotatable bonds is 4. The Kier molecular flexibility index (Phi) is 5.38. The molecule has 60 valence electrons. The van der Waals surface area contributed by atoms with Gasteiger partial charge in [0.1, 0.15) is 0 Å². The molecule has 0 rings (SSSR count). The van der Waals surface area contributed by atoms with E-state index in [0.29, 0.717) is 0 Å². The second kappa shape index (κ2) is 5.52. The van der Waals surface area contributed by atoms with Crippen LogP contribution < -0.4 is 0 Å². The van der Waals surface area contributed by atoms with E-state index in [-0.39, 0.29) is 0 Å². The Morgan fingerprint density at radius 1 is 1.40 bits per heavy atom. The molecule has 0 amide bonds. The Hall–Kier alpha value is -0.260. The number of hydrogen-bond acceptors (Lipinski definition) is 0. The van der Waals surface area contributed by atoms with Gasteiger partial charge in [0.15, 0.2) is 0 Å². The molecule has 0 aromatic rings. The highest BCUT2D eigenvalue weighted by atomic mass is 14.0. The fourth-order valence-electron chi connectivity index (χ4n) is 1.21. The lowest BCUT2D eigenvalue weighted by molar-refractivity contribution is 0.621. The average Bonchev–Trinajstić information content (AvgIpc) is 1.86. The average molecular weight is 140 g/mol. The maximum absolute atomic E-state index is 2.28. The zero-order chi connectivity index (χ0) is 7.98. The zero-order valence-electron chi connectivity index (χ0n) is 7.78. The molecule has 0 unspecified atom stereocenters. The minimum atomic E-state index is 0.817. The SMILES string of the molecule is CC=C(CCC)CC(C)C. The van der Waals surface area contributed by atoms with Gasteiger partial charge in [-0.1, -0.05) is 38.8 Å². The first-order chi connectivity index (χ1) is 4.70. The van der Waals surface area contributed by atoms with E-state index in [0.717, 1.165) is 5.92 Å². The third-order valence-corrected chi connectivity index (χ3v) is 1.65. The van der Waals surface area contributed by atoms with Crippen molar-refractivity contribution in [3.8, 4) is 0 Å². The Morgan fingerprint density at radius 3 is 2.30 bits per heavy atom. The highest BCUT2D eigenvalue weighted by molar-refractivity contribution is 5.00. The Morgan fingerprint density at radius 2 is 2.00 bits per heavy atom. The van der Waals surface area contributed by atoms with Gasteiger partial charge >= 0.3 is 0 Å². The van der Waals surface area contributed by atoms with Crippen molar-refractivity contribution in [3.05, 3.63) is 11.6 Å². The summed E-state index contributed by atoms with van der Waals surface area (Å²) in [4.78, 5) is 0. The van der Waals surface area contributed by atoms with Gasteiger partial charge in [-0.05, 0) is 25.7 Å². The normalized spacial score (nSPS) is 12.7. The van der Waals surface area contributed by atoms with Crippen LogP contribution in [0.5, 0.6) is 0 Å². The van der Waals surface area contributed by atoms with Crippen molar-refractivity contribution in [2.45, 2.75) is 47.0 Å². The van der Waals surface area contributed by atoms with Crippen molar-refractivity contribution < 1.29 is 0 Å². The van der Waals surface area contributed by atoms with Gasteiger partial charge in [0, 0.05) is 0 Å². The molecule has 0 N–H and O–H groups in total. The molecule has 10 heavy (non-hydrogen) atoms. The number of hydrogen-bond donors (Lipinski definition) is 0. The summed E-state index contributed by atoms with van der Waals surface area (Å²) < 4.78 is 0. The van der Waals surface area contributed by atoms with E-state index in [1.165, 1.54) is 19.3 Å². The summed E-state index contributed by atoms with van der Waals surface area (Å²) in [5.41, 5.74) is 1.62. The van der Waals surface area contributed by atoms with E-state index in [4.69, 9.17) is 0 Å². The first kappa shape index (κ1) is 9.74. The summed E-state index contributed by atoms with van der Waals surface area (Å²) in [6, 6.07) is 0. The summed E-state index contributed by atoms with van der Waals surface area (Å²) in [6.45, 7) is 8.94. The molecule has 0 aromatic carbocycles. The van der Waals surface area contributed by atoms with Gasteiger partial charge in [0.2, 0.25) is 0 Å². The van der Waals surface area contributed by atoms with Gasteiger partial charge in [-0.25, -0.2) is 0 Å². The molecule has 0 spiro atoms. The maximum atomic E-state index is 2.28. The molecule has 0 heterocycles. The topological polar surface area (TPSA) is 0 Å². The molecule has 0 saturated carbocycles. The van der Waals surface area contributed by atoms with Gasteiger partial charge in [0.05, 0.1) is 0 Å². The standard InChI is InChI=1S/C10H20/c1-5-7-10(6-2)8-9(3)4/h6,9H,5,7-8H2,1-4H3. The monoisotopic (exact) mass is 140 g/mol. The molecule has 0 radical (unpaired) electrons. The Bertz CT molecular complexity index is 98.6. The van der Waals surface area contributed by atoms with Gasteiger partial charge < -0.3 is 0 Å². The third-order valence-electron chi connectivity index (χ3n) is 1.65. The van der Waals surface area contributed by atoms with Crippen LogP contribution in [0, 0.1) is 5.92 Å². The van der Waals surface area contributed by atoms with E-state index in [1.54, 1.807) is 5.57 Å². The second-order valence-corrected chi connectivity index (χ2v) is 3.29. The molecule has 0 aliphatic rings. The first-order valence-electron chi connectivity index (χ1n) is 4.34. The Balaban J connectivity index is 3.62. The largest absolute Gasteiger partial charge is 0.0884 e. The predicted octanol–water partition coefficient (Wildman–Crippen LogP) is 3.78. The van der Waals surface area contributed by atoms with Crippen molar-refractivity contribution >= 4 is 0 Å². The van der Waals surface area contributed by atoms with E-state index in [2.05, 4.69) is 33.8 Å². The minimum Gasteiger partial charge on any atom is -0.0884 e. The summed E-state index contributed by atoms with van der Waals surface area (Å²) in [5.74, 6) is 0.817. The van der Waals surface area contributed by atoms with Crippen molar-refractivity contribution in [1.29, 1.82) is 0 Å². The molecule has 0 saturated heterocycles. The lowest BCUT2D eigenvalue weighted by Gasteiger charge is -2.07. The van der Waals surface area contributed by atoms with Gasteiger partial charge in [-0.15, -0.1) is 0 Å². The van der Waals surface area contributed by atoms with Crippen LogP contribution in [0.2, 0.25) is 0 Å². The molecule has 0 bridgehead atoms. The maximum Gasteiger partial charge on any atom is -0.0297 e. The van der Waals surface area contributed by atoms with Gasteiger partial charge in [0.25, 0.3) is 0 Å².